The molecule has 0 aromatic heterocycles. The number of carbonyl (C=O) groups excluding carboxylic acids is 2. The zero-order chi connectivity index (χ0) is 29.0. The Hall–Kier alpha value is -2.96. The predicted octanol–water partition coefficient (Wildman–Crippen LogP) is 5.52. The number of aliphatic hydroxyl groups excluding tert-OH is 1. The summed E-state index contributed by atoms with van der Waals surface area (Å²) < 4.78 is 13.1. The molecule has 6 nitrogen and oxygen atoms in total. The van der Waals surface area contributed by atoms with E-state index >= 15 is 0 Å². The largest absolute Gasteiger partial charge is 0.458 e. The van der Waals surface area contributed by atoms with Crippen molar-refractivity contribution >= 4 is 11.9 Å². The van der Waals surface area contributed by atoms with Crippen LogP contribution in [0.1, 0.15) is 66.7 Å². The van der Waals surface area contributed by atoms with Gasteiger partial charge in [0.15, 0.2) is 0 Å². The van der Waals surface area contributed by atoms with Crippen molar-refractivity contribution in [2.45, 2.75) is 70.3 Å². The van der Waals surface area contributed by atoms with E-state index in [9.17, 15) is 14.7 Å². The van der Waals surface area contributed by atoms with Crippen LogP contribution in [0.4, 0.5) is 0 Å². The number of rotatable bonds is 5. The van der Waals surface area contributed by atoms with Crippen LogP contribution in [0.3, 0.4) is 0 Å². The Bertz CT molecular complexity index is 1440. The van der Waals surface area contributed by atoms with Crippen LogP contribution < -0.4 is 0 Å². The average Bonchev–Trinajstić information content (AvgIpc) is 3.53. The summed E-state index contributed by atoms with van der Waals surface area (Å²) in [5.74, 6) is 0.0763. The summed E-state index contributed by atoms with van der Waals surface area (Å²) in [6.45, 7) is 11.2. The number of fused-ring (bicyclic) bond motifs is 1. The first kappa shape index (κ1) is 26.7. The zero-order valence-corrected chi connectivity index (χ0v) is 24.6. The van der Waals surface area contributed by atoms with Crippen molar-refractivity contribution in [3.63, 3.8) is 0 Å². The monoisotopic (exact) mass is 567 g/mol. The van der Waals surface area contributed by atoms with Gasteiger partial charge in [-0.15, -0.1) is 0 Å². The van der Waals surface area contributed by atoms with Gasteiger partial charge in [0.25, 0.3) is 0 Å². The minimum absolute atomic E-state index is 0.0698. The number of nitrogens with zero attached hydrogens (tertiary/aromatic N) is 1. The van der Waals surface area contributed by atoms with Crippen molar-refractivity contribution in [3.05, 3.63) is 83.9 Å². The molecule has 8 rings (SSSR count). The van der Waals surface area contributed by atoms with Crippen molar-refractivity contribution in [3.8, 4) is 0 Å². The molecule has 6 fully saturated rings. The van der Waals surface area contributed by atoms with Crippen LogP contribution in [0.2, 0.25) is 0 Å². The highest BCUT2D eigenvalue weighted by molar-refractivity contribution is 5.90. The van der Waals surface area contributed by atoms with E-state index in [1.54, 1.807) is 12.1 Å². The van der Waals surface area contributed by atoms with Crippen LogP contribution in [-0.4, -0.2) is 59.4 Å². The SMILES string of the molecule is C=C1[C@H]2C[C@]3(C4CC5[C@@]6(C)CC[C@H](OC(=O)c7ccccc7)[C@@]5(C4N(CC)C6)C3C[C@@H]2O)[C@@H]1OC(=O)c1ccccc1. The molecule has 2 aromatic rings. The van der Waals surface area contributed by atoms with E-state index in [2.05, 4.69) is 25.3 Å². The van der Waals surface area contributed by atoms with Crippen LogP contribution in [0.15, 0.2) is 72.8 Å². The fourth-order valence-corrected chi connectivity index (χ4v) is 11.8. The molecule has 1 saturated heterocycles. The summed E-state index contributed by atoms with van der Waals surface area (Å²) in [4.78, 5) is 29.9. The fourth-order valence-electron chi connectivity index (χ4n) is 11.8. The van der Waals surface area contributed by atoms with Gasteiger partial charge < -0.3 is 14.6 Å². The first-order valence-electron chi connectivity index (χ1n) is 15.9. The number of esters is 2. The second-order valence-electron chi connectivity index (χ2n) is 14.4. The lowest BCUT2D eigenvalue weighted by Crippen LogP contribution is -2.69. The highest BCUT2D eigenvalue weighted by Gasteiger charge is 2.86. The number of likely N-dealkylation sites (tertiary alicyclic amines) is 1. The van der Waals surface area contributed by atoms with Gasteiger partial charge in [0.2, 0.25) is 0 Å². The maximum atomic E-state index is 13.6. The van der Waals surface area contributed by atoms with Gasteiger partial charge in [-0.2, -0.15) is 0 Å². The summed E-state index contributed by atoms with van der Waals surface area (Å²) in [6, 6.07) is 18.8. The maximum Gasteiger partial charge on any atom is 0.338 e. The topological polar surface area (TPSA) is 76.1 Å². The fraction of sp³-hybridized carbons (Fsp3) is 0.556. The number of benzene rings is 2. The highest BCUT2D eigenvalue weighted by Crippen LogP contribution is 2.84. The molecule has 220 valence electrons. The van der Waals surface area contributed by atoms with Gasteiger partial charge in [0.05, 0.1) is 17.2 Å². The smallest absolute Gasteiger partial charge is 0.338 e. The first-order chi connectivity index (χ1) is 20.3. The van der Waals surface area contributed by atoms with E-state index in [-0.39, 0.29) is 58.1 Å². The van der Waals surface area contributed by atoms with Gasteiger partial charge in [-0.1, -0.05) is 56.8 Å². The van der Waals surface area contributed by atoms with Crippen molar-refractivity contribution in [1.29, 1.82) is 0 Å². The second kappa shape index (κ2) is 9.03. The zero-order valence-electron chi connectivity index (χ0n) is 24.6. The van der Waals surface area contributed by atoms with Gasteiger partial charge in [0.1, 0.15) is 12.2 Å². The maximum absolute atomic E-state index is 13.6. The molecular weight excluding hydrogens is 526 g/mol. The van der Waals surface area contributed by atoms with Crippen LogP contribution in [0, 0.1) is 39.9 Å². The number of aliphatic hydroxyl groups is 1. The van der Waals surface area contributed by atoms with Crippen LogP contribution in [0.5, 0.6) is 0 Å². The molecule has 0 radical (unpaired) electrons. The number of carbonyl (C=O) groups is 2. The molecule has 1 heterocycles. The van der Waals surface area contributed by atoms with Crippen molar-refractivity contribution < 1.29 is 24.2 Å². The molecule has 5 aliphatic carbocycles. The van der Waals surface area contributed by atoms with Crippen LogP contribution in [0.25, 0.3) is 0 Å². The Kier molecular flexibility index (Phi) is 5.73. The Balaban J connectivity index is 1.26. The first-order valence-corrected chi connectivity index (χ1v) is 15.9. The summed E-state index contributed by atoms with van der Waals surface area (Å²) >= 11 is 0. The molecule has 6 heteroatoms. The average molecular weight is 568 g/mol. The molecule has 6 aliphatic rings. The lowest BCUT2D eigenvalue weighted by atomic mass is 9.43. The van der Waals surface area contributed by atoms with Gasteiger partial charge in [-0.3, -0.25) is 4.90 Å². The Morgan fingerprint density at radius 3 is 2.26 bits per heavy atom. The van der Waals surface area contributed by atoms with E-state index in [1.807, 2.05) is 48.5 Å². The van der Waals surface area contributed by atoms with Gasteiger partial charge >= 0.3 is 11.9 Å². The van der Waals surface area contributed by atoms with E-state index < -0.39 is 12.2 Å². The van der Waals surface area contributed by atoms with Crippen molar-refractivity contribution in [2.24, 2.45) is 39.9 Å². The van der Waals surface area contributed by atoms with E-state index in [4.69, 9.17) is 9.47 Å². The number of hydrogen-bond donors (Lipinski definition) is 1. The molecule has 5 saturated carbocycles. The summed E-state index contributed by atoms with van der Waals surface area (Å²) in [7, 11) is 0. The Labute approximate surface area is 248 Å². The molecule has 2 spiro atoms. The van der Waals surface area contributed by atoms with E-state index in [0.29, 0.717) is 23.5 Å². The number of piperidine rings is 1. The van der Waals surface area contributed by atoms with Gasteiger partial charge in [-0.25, -0.2) is 9.59 Å². The normalized spacial score (nSPS) is 44.5. The summed E-state index contributed by atoms with van der Waals surface area (Å²) in [5.41, 5.74) is 1.48. The Morgan fingerprint density at radius 2 is 1.62 bits per heavy atom. The van der Waals surface area contributed by atoms with Gasteiger partial charge in [0, 0.05) is 29.3 Å². The standard InChI is InChI=1S/C36H41NO5/c1-4-37-20-34(3)16-15-29(41-32(39)22-11-7-5-8-12-22)36-27(34)17-25(30(36)37)35-19-24(26(38)18-28(35)36)21(2)31(35)42-33(40)23-13-9-6-10-14-23/h5-14,24-31,38H,2,4,15-20H2,1,3H3/t24-,25?,26+,27?,28?,29+,30?,31-,34+,35-,36+/m1/s1. The minimum Gasteiger partial charge on any atom is -0.458 e. The van der Waals surface area contributed by atoms with Crippen molar-refractivity contribution in [2.75, 3.05) is 13.1 Å². The highest BCUT2D eigenvalue weighted by atomic mass is 16.6. The third-order valence-electron chi connectivity index (χ3n) is 13.0. The number of hydrogen-bond acceptors (Lipinski definition) is 6. The molecule has 1 N–H and O–H groups in total. The predicted molar refractivity (Wildman–Crippen MR) is 157 cm³/mol. The quantitative estimate of drug-likeness (QED) is 0.379. The molecule has 0 amide bonds. The lowest BCUT2D eigenvalue weighted by Gasteiger charge is -2.65. The molecule has 42 heavy (non-hydrogen) atoms. The van der Waals surface area contributed by atoms with Crippen molar-refractivity contribution in [1.82, 2.24) is 4.90 Å². The van der Waals surface area contributed by atoms with Crippen LogP contribution in [-0.2, 0) is 9.47 Å². The molecule has 2 aromatic carbocycles. The Morgan fingerprint density at radius 1 is 0.976 bits per heavy atom. The summed E-state index contributed by atoms with van der Waals surface area (Å²) in [5, 5.41) is 11.7. The number of ether oxygens (including phenoxy) is 2. The third kappa shape index (κ3) is 3.18. The molecule has 4 unspecified atom stereocenters. The molecule has 1 aliphatic heterocycles. The van der Waals surface area contributed by atoms with E-state index in [0.717, 1.165) is 44.3 Å². The third-order valence-corrected chi connectivity index (χ3v) is 13.0. The molecular formula is C36H41NO5. The van der Waals surface area contributed by atoms with E-state index in [1.165, 1.54) is 0 Å². The minimum atomic E-state index is -0.542. The van der Waals surface area contributed by atoms with Gasteiger partial charge in [-0.05, 0) is 91.7 Å². The second-order valence-corrected chi connectivity index (χ2v) is 14.4. The summed E-state index contributed by atoms with van der Waals surface area (Å²) in [6.07, 6.45) is 3.07. The lowest BCUT2D eigenvalue weighted by molar-refractivity contribution is -0.218. The molecule has 11 atom stereocenters. The van der Waals surface area contributed by atoms with Crippen LogP contribution >= 0.6 is 0 Å². The molecule has 7 bridgehead atoms.